The molecular formula is C13H10F2N2O2. The molecule has 0 radical (unpaired) electrons. The quantitative estimate of drug-likeness (QED) is 0.801. The molecule has 0 aliphatic heterocycles. The standard InChI is InChI=1S/C13H10F2N2O2/c1-2-19-13(18)11-8-5-3-4-6-17(8)9(7-16)10(11)12(14)15/h3-6,12H,2H2,1H3. The first-order valence-corrected chi connectivity index (χ1v) is 5.60. The van der Waals surface area contributed by atoms with E-state index in [-0.39, 0.29) is 23.4 Å². The number of esters is 1. The Kier molecular flexibility index (Phi) is 3.47. The van der Waals surface area contributed by atoms with Gasteiger partial charge in [0, 0.05) is 6.20 Å². The summed E-state index contributed by atoms with van der Waals surface area (Å²) in [5.41, 5.74) is -0.817. The molecule has 0 amide bonds. The predicted octanol–water partition coefficient (Wildman–Crippen LogP) is 2.93. The van der Waals surface area contributed by atoms with E-state index in [9.17, 15) is 13.6 Å². The van der Waals surface area contributed by atoms with Crippen LogP contribution >= 0.6 is 0 Å². The molecule has 4 nitrogen and oxygen atoms in total. The van der Waals surface area contributed by atoms with Gasteiger partial charge in [-0.25, -0.2) is 13.6 Å². The first-order chi connectivity index (χ1) is 9.11. The number of fused-ring (bicyclic) bond motifs is 1. The number of rotatable bonds is 3. The normalized spacial score (nSPS) is 10.7. The van der Waals surface area contributed by atoms with Crippen molar-refractivity contribution in [1.82, 2.24) is 4.40 Å². The molecule has 19 heavy (non-hydrogen) atoms. The summed E-state index contributed by atoms with van der Waals surface area (Å²) in [5, 5.41) is 9.03. The van der Waals surface area contributed by atoms with Crippen LogP contribution < -0.4 is 0 Å². The summed E-state index contributed by atoms with van der Waals surface area (Å²) in [5.74, 6) is -0.844. The third-order valence-corrected chi connectivity index (χ3v) is 2.69. The van der Waals surface area contributed by atoms with Gasteiger partial charge in [0.05, 0.1) is 23.3 Å². The highest BCUT2D eigenvalue weighted by atomic mass is 19.3. The molecule has 0 N–H and O–H groups in total. The van der Waals surface area contributed by atoms with E-state index in [0.29, 0.717) is 0 Å². The number of nitriles is 1. The Labute approximate surface area is 107 Å². The van der Waals surface area contributed by atoms with Gasteiger partial charge in [-0.3, -0.25) is 0 Å². The lowest BCUT2D eigenvalue weighted by molar-refractivity contribution is 0.0518. The number of hydrogen-bond donors (Lipinski definition) is 0. The van der Waals surface area contributed by atoms with Gasteiger partial charge in [0.15, 0.2) is 0 Å². The van der Waals surface area contributed by atoms with Crippen molar-refractivity contribution in [2.24, 2.45) is 0 Å². The van der Waals surface area contributed by atoms with E-state index in [2.05, 4.69) is 0 Å². The van der Waals surface area contributed by atoms with Gasteiger partial charge in [-0.15, -0.1) is 0 Å². The second-order valence-corrected chi connectivity index (χ2v) is 3.73. The fourth-order valence-electron chi connectivity index (χ4n) is 1.97. The first kappa shape index (κ1) is 13.0. The van der Waals surface area contributed by atoms with Gasteiger partial charge in [0.2, 0.25) is 0 Å². The van der Waals surface area contributed by atoms with Crippen LogP contribution in [-0.4, -0.2) is 17.0 Å². The minimum atomic E-state index is -2.92. The van der Waals surface area contributed by atoms with Gasteiger partial charge < -0.3 is 9.14 Å². The average Bonchev–Trinajstić information content (AvgIpc) is 2.73. The summed E-state index contributed by atoms with van der Waals surface area (Å²) < 4.78 is 32.3. The lowest BCUT2D eigenvalue weighted by atomic mass is 10.1. The van der Waals surface area contributed by atoms with Crippen LogP contribution in [0, 0.1) is 11.3 Å². The summed E-state index contributed by atoms with van der Waals surface area (Å²) >= 11 is 0. The van der Waals surface area contributed by atoms with Crippen molar-refractivity contribution in [1.29, 1.82) is 5.26 Å². The fourth-order valence-corrected chi connectivity index (χ4v) is 1.97. The molecule has 0 spiro atoms. The Morgan fingerprint density at radius 3 is 2.84 bits per heavy atom. The molecule has 2 aromatic rings. The van der Waals surface area contributed by atoms with Crippen LogP contribution in [0.2, 0.25) is 0 Å². The molecule has 0 aliphatic rings. The van der Waals surface area contributed by atoms with E-state index >= 15 is 0 Å². The molecule has 0 fully saturated rings. The number of pyridine rings is 1. The third kappa shape index (κ3) is 2.03. The minimum absolute atomic E-state index is 0.0770. The minimum Gasteiger partial charge on any atom is -0.462 e. The van der Waals surface area contributed by atoms with Crippen molar-refractivity contribution in [3.05, 3.63) is 41.2 Å². The SMILES string of the molecule is CCOC(=O)c1c(C(F)F)c(C#N)n2ccccc12. The molecule has 0 aromatic carbocycles. The highest BCUT2D eigenvalue weighted by molar-refractivity contribution is 6.00. The topological polar surface area (TPSA) is 54.5 Å². The van der Waals surface area contributed by atoms with Crippen molar-refractivity contribution in [2.75, 3.05) is 6.61 Å². The predicted molar refractivity (Wildman–Crippen MR) is 63.0 cm³/mol. The summed E-state index contributed by atoms with van der Waals surface area (Å²) in [4.78, 5) is 11.8. The number of carbonyl (C=O) groups is 1. The van der Waals surface area contributed by atoms with Crippen molar-refractivity contribution < 1.29 is 18.3 Å². The largest absolute Gasteiger partial charge is 0.462 e. The van der Waals surface area contributed by atoms with E-state index in [1.165, 1.54) is 16.7 Å². The number of alkyl halides is 2. The number of nitrogens with zero attached hydrogens (tertiary/aromatic N) is 2. The Balaban J connectivity index is 2.83. The summed E-state index contributed by atoms with van der Waals surface area (Å²) in [7, 11) is 0. The van der Waals surface area contributed by atoms with E-state index in [4.69, 9.17) is 10.00 Å². The molecule has 6 heteroatoms. The van der Waals surface area contributed by atoms with Gasteiger partial charge in [0.25, 0.3) is 6.43 Å². The number of ether oxygens (including phenoxy) is 1. The van der Waals surface area contributed by atoms with Crippen LogP contribution in [0.3, 0.4) is 0 Å². The van der Waals surface area contributed by atoms with Crippen molar-refractivity contribution >= 4 is 11.5 Å². The highest BCUT2D eigenvalue weighted by Crippen LogP contribution is 2.32. The Hall–Kier alpha value is -2.42. The van der Waals surface area contributed by atoms with Crippen LogP contribution in [0.1, 0.15) is 35.0 Å². The lowest BCUT2D eigenvalue weighted by Gasteiger charge is -2.03. The van der Waals surface area contributed by atoms with Crippen LogP contribution in [0.4, 0.5) is 8.78 Å². The van der Waals surface area contributed by atoms with Gasteiger partial charge >= 0.3 is 5.97 Å². The molecule has 0 unspecified atom stereocenters. The fraction of sp³-hybridized carbons (Fsp3) is 0.231. The van der Waals surface area contributed by atoms with E-state index < -0.39 is 18.0 Å². The van der Waals surface area contributed by atoms with E-state index in [1.807, 2.05) is 0 Å². The van der Waals surface area contributed by atoms with Crippen LogP contribution in [0.5, 0.6) is 0 Å². The monoisotopic (exact) mass is 264 g/mol. The van der Waals surface area contributed by atoms with Crippen molar-refractivity contribution in [3.63, 3.8) is 0 Å². The van der Waals surface area contributed by atoms with Gasteiger partial charge in [-0.1, -0.05) is 6.07 Å². The van der Waals surface area contributed by atoms with Gasteiger partial charge in [-0.05, 0) is 19.1 Å². The molecular weight excluding hydrogens is 254 g/mol. The lowest BCUT2D eigenvalue weighted by Crippen LogP contribution is -2.07. The van der Waals surface area contributed by atoms with Crippen LogP contribution in [0.15, 0.2) is 24.4 Å². The van der Waals surface area contributed by atoms with Crippen LogP contribution in [-0.2, 0) is 4.74 Å². The number of hydrogen-bond acceptors (Lipinski definition) is 3. The molecule has 0 saturated heterocycles. The zero-order chi connectivity index (χ0) is 14.0. The molecule has 98 valence electrons. The van der Waals surface area contributed by atoms with Gasteiger partial charge in [-0.2, -0.15) is 5.26 Å². The molecule has 2 aromatic heterocycles. The smallest absolute Gasteiger partial charge is 0.340 e. The van der Waals surface area contributed by atoms with Crippen molar-refractivity contribution in [2.45, 2.75) is 13.3 Å². The van der Waals surface area contributed by atoms with E-state index in [0.717, 1.165) is 0 Å². The van der Waals surface area contributed by atoms with Gasteiger partial charge in [0.1, 0.15) is 11.8 Å². The number of halogens is 2. The number of aromatic nitrogens is 1. The summed E-state index contributed by atoms with van der Waals surface area (Å²) in [6.45, 7) is 1.66. The third-order valence-electron chi connectivity index (χ3n) is 2.69. The number of carbonyl (C=O) groups excluding carboxylic acids is 1. The summed E-state index contributed by atoms with van der Waals surface area (Å²) in [6.07, 6.45) is -1.46. The maximum atomic E-state index is 13.1. The molecule has 2 rings (SSSR count). The highest BCUT2D eigenvalue weighted by Gasteiger charge is 2.29. The Bertz CT molecular complexity index is 671. The zero-order valence-corrected chi connectivity index (χ0v) is 10.1. The van der Waals surface area contributed by atoms with Crippen LogP contribution in [0.25, 0.3) is 5.52 Å². The van der Waals surface area contributed by atoms with Crippen molar-refractivity contribution in [3.8, 4) is 6.07 Å². The summed E-state index contributed by atoms with van der Waals surface area (Å²) in [6, 6.07) is 6.41. The maximum Gasteiger partial charge on any atom is 0.340 e. The Morgan fingerprint density at radius 1 is 1.53 bits per heavy atom. The first-order valence-electron chi connectivity index (χ1n) is 5.60. The second-order valence-electron chi connectivity index (χ2n) is 3.73. The average molecular weight is 264 g/mol. The molecule has 0 atom stereocenters. The second kappa shape index (κ2) is 5.06. The molecule has 0 aliphatic carbocycles. The Morgan fingerprint density at radius 2 is 2.26 bits per heavy atom. The maximum absolute atomic E-state index is 13.1. The molecule has 0 bridgehead atoms. The molecule has 2 heterocycles. The zero-order valence-electron chi connectivity index (χ0n) is 10.1. The molecule has 0 saturated carbocycles. The van der Waals surface area contributed by atoms with E-state index in [1.54, 1.807) is 25.1 Å².